The van der Waals surface area contributed by atoms with E-state index in [1.807, 2.05) is 24.8 Å². The van der Waals surface area contributed by atoms with Crippen LogP contribution in [0.2, 0.25) is 0 Å². The number of urea groups is 1. The molecule has 1 aromatic rings. The average molecular weight is 305 g/mol. The van der Waals surface area contributed by atoms with E-state index < -0.39 is 0 Å². The number of ether oxygens (including phenoxy) is 1. The molecule has 6 heteroatoms. The number of aryl methyl sites for hydroxylation is 2. The number of pyridine rings is 1. The van der Waals surface area contributed by atoms with E-state index >= 15 is 0 Å². The number of hydrogen-bond donors (Lipinski definition) is 2. The van der Waals surface area contributed by atoms with Crippen molar-refractivity contribution in [3.63, 3.8) is 0 Å². The number of aromatic nitrogens is 1. The maximum atomic E-state index is 12.5. The van der Waals surface area contributed by atoms with Gasteiger partial charge in [0.25, 0.3) is 5.56 Å². The fourth-order valence-corrected chi connectivity index (χ4v) is 3.54. The van der Waals surface area contributed by atoms with Crippen molar-refractivity contribution in [2.45, 2.75) is 51.8 Å². The van der Waals surface area contributed by atoms with Gasteiger partial charge in [0.05, 0.1) is 25.3 Å². The predicted molar refractivity (Wildman–Crippen MR) is 82.9 cm³/mol. The Morgan fingerprint density at radius 2 is 2.27 bits per heavy atom. The van der Waals surface area contributed by atoms with E-state index in [1.165, 1.54) is 0 Å². The molecule has 1 saturated heterocycles. The summed E-state index contributed by atoms with van der Waals surface area (Å²) in [6, 6.07) is 2.01. The van der Waals surface area contributed by atoms with Crippen LogP contribution in [0.5, 0.6) is 0 Å². The molecule has 1 aliphatic carbocycles. The van der Waals surface area contributed by atoms with Crippen molar-refractivity contribution < 1.29 is 9.53 Å². The van der Waals surface area contributed by atoms with Crippen molar-refractivity contribution in [3.8, 4) is 0 Å². The summed E-state index contributed by atoms with van der Waals surface area (Å²) in [7, 11) is 0. The minimum atomic E-state index is -0.126. The third-order valence-corrected chi connectivity index (χ3v) is 4.65. The number of nitrogens with zero attached hydrogens (tertiary/aromatic N) is 1. The minimum absolute atomic E-state index is 0.0976. The number of amides is 2. The average Bonchev–Trinajstić information content (AvgIpc) is 2.94. The van der Waals surface area contributed by atoms with Gasteiger partial charge in [-0.15, -0.1) is 0 Å². The largest absolute Gasteiger partial charge is 0.374 e. The van der Waals surface area contributed by atoms with Gasteiger partial charge in [-0.05, 0) is 44.7 Å². The molecule has 0 bridgehead atoms. The summed E-state index contributed by atoms with van der Waals surface area (Å²) < 4.78 is 5.72. The van der Waals surface area contributed by atoms with Crippen molar-refractivity contribution >= 4 is 6.03 Å². The van der Waals surface area contributed by atoms with Crippen molar-refractivity contribution in [2.75, 3.05) is 13.2 Å². The molecule has 1 saturated carbocycles. The van der Waals surface area contributed by atoms with Crippen LogP contribution in [0, 0.1) is 13.8 Å². The number of nitrogens with one attached hydrogen (secondary N) is 2. The van der Waals surface area contributed by atoms with Crippen molar-refractivity contribution in [1.29, 1.82) is 0 Å². The van der Waals surface area contributed by atoms with Gasteiger partial charge in [-0.3, -0.25) is 4.79 Å². The van der Waals surface area contributed by atoms with Gasteiger partial charge in [-0.2, -0.15) is 0 Å². The van der Waals surface area contributed by atoms with Gasteiger partial charge in [-0.1, -0.05) is 0 Å². The van der Waals surface area contributed by atoms with E-state index in [4.69, 9.17) is 4.74 Å². The van der Waals surface area contributed by atoms with Crippen molar-refractivity contribution in [2.24, 2.45) is 0 Å². The molecule has 0 unspecified atom stereocenters. The molecule has 0 spiro atoms. The molecule has 6 nitrogen and oxygen atoms in total. The van der Waals surface area contributed by atoms with Gasteiger partial charge in [0.15, 0.2) is 0 Å². The molecule has 0 aromatic carbocycles. The summed E-state index contributed by atoms with van der Waals surface area (Å²) >= 11 is 0. The molecular formula is C16H23N3O3. The zero-order chi connectivity index (χ0) is 15.7. The Balaban J connectivity index is 1.66. The summed E-state index contributed by atoms with van der Waals surface area (Å²) in [5, 5.41) is 2.89. The summed E-state index contributed by atoms with van der Waals surface area (Å²) in [5.41, 5.74) is 2.23. The predicted octanol–water partition coefficient (Wildman–Crippen LogP) is 1.45. The van der Waals surface area contributed by atoms with E-state index in [9.17, 15) is 9.59 Å². The van der Waals surface area contributed by atoms with Crippen LogP contribution < -0.4 is 10.9 Å². The Morgan fingerprint density at radius 1 is 1.45 bits per heavy atom. The highest BCUT2D eigenvalue weighted by atomic mass is 16.5. The molecule has 1 aliphatic heterocycles. The highest BCUT2D eigenvalue weighted by Crippen LogP contribution is 2.29. The minimum Gasteiger partial charge on any atom is -0.374 e. The molecule has 0 radical (unpaired) electrons. The summed E-state index contributed by atoms with van der Waals surface area (Å²) in [4.78, 5) is 29.1. The Labute approximate surface area is 129 Å². The molecule has 22 heavy (non-hydrogen) atoms. The number of H-pyrrole nitrogens is 1. The lowest BCUT2D eigenvalue weighted by atomic mass is 10.1. The van der Waals surface area contributed by atoms with E-state index in [-0.39, 0.29) is 30.3 Å². The molecule has 2 N–H and O–H groups in total. The monoisotopic (exact) mass is 305 g/mol. The number of carbonyl (C=O) groups excluding carboxylic acids is 1. The lowest BCUT2D eigenvalue weighted by Gasteiger charge is -2.37. The van der Waals surface area contributed by atoms with E-state index in [0.29, 0.717) is 18.7 Å². The van der Waals surface area contributed by atoms with Crippen molar-refractivity contribution in [3.05, 3.63) is 33.2 Å². The van der Waals surface area contributed by atoms with Gasteiger partial charge in [-0.25, -0.2) is 4.79 Å². The second-order valence-electron chi connectivity index (χ2n) is 6.20. The van der Waals surface area contributed by atoms with Crippen LogP contribution in [0.15, 0.2) is 10.9 Å². The molecule has 3 rings (SSSR count). The first kappa shape index (κ1) is 15.1. The SMILES string of the molecule is Cc1cc(C)c(CNC(=O)N2CCO[C@@H]3CCC[C@@H]32)c(=O)[nH]1. The third kappa shape index (κ3) is 2.88. The van der Waals surface area contributed by atoms with Crippen molar-refractivity contribution in [1.82, 2.24) is 15.2 Å². The Hall–Kier alpha value is -1.82. The fraction of sp³-hybridized carbons (Fsp3) is 0.625. The molecule has 2 heterocycles. The number of rotatable bonds is 2. The molecular weight excluding hydrogens is 282 g/mol. The lowest BCUT2D eigenvalue weighted by Crippen LogP contribution is -2.54. The molecule has 2 atom stereocenters. The molecule has 2 amide bonds. The number of morpholine rings is 1. The van der Waals surface area contributed by atoms with Crippen LogP contribution in [0.3, 0.4) is 0 Å². The van der Waals surface area contributed by atoms with Gasteiger partial charge in [0.2, 0.25) is 0 Å². The summed E-state index contributed by atoms with van der Waals surface area (Å²) in [6.45, 7) is 5.22. The van der Waals surface area contributed by atoms with Crippen LogP contribution in [-0.2, 0) is 11.3 Å². The summed E-state index contributed by atoms with van der Waals surface area (Å²) in [5.74, 6) is 0. The van der Waals surface area contributed by atoms with Crippen LogP contribution in [0.25, 0.3) is 0 Å². The lowest BCUT2D eigenvalue weighted by molar-refractivity contribution is -0.0383. The van der Waals surface area contributed by atoms with Gasteiger partial charge < -0.3 is 19.9 Å². The maximum absolute atomic E-state index is 12.5. The normalized spacial score (nSPS) is 24.2. The molecule has 2 aliphatic rings. The highest BCUT2D eigenvalue weighted by molar-refractivity contribution is 5.74. The second kappa shape index (κ2) is 6.12. The standard InChI is InChI=1S/C16H23N3O3/c1-10-8-11(2)18-15(20)12(10)9-17-16(21)19-6-7-22-14-5-3-4-13(14)19/h8,13-14H,3-7,9H2,1-2H3,(H,17,21)(H,18,20)/t13-,14+/m0/s1. The zero-order valence-corrected chi connectivity index (χ0v) is 13.1. The second-order valence-corrected chi connectivity index (χ2v) is 6.20. The van der Waals surface area contributed by atoms with Crippen LogP contribution in [-0.4, -0.2) is 41.2 Å². The first-order valence-electron chi connectivity index (χ1n) is 7.91. The summed E-state index contributed by atoms with van der Waals surface area (Å²) in [6.07, 6.45) is 3.33. The molecule has 2 fully saturated rings. The van der Waals surface area contributed by atoms with Gasteiger partial charge in [0.1, 0.15) is 0 Å². The molecule has 1 aromatic heterocycles. The molecule has 120 valence electrons. The fourth-order valence-electron chi connectivity index (χ4n) is 3.54. The van der Waals surface area contributed by atoms with Crippen LogP contribution in [0.1, 0.15) is 36.1 Å². The van der Waals surface area contributed by atoms with Gasteiger partial charge in [0, 0.05) is 17.8 Å². The first-order valence-corrected chi connectivity index (χ1v) is 7.91. The number of aromatic amines is 1. The van der Waals surface area contributed by atoms with Gasteiger partial charge >= 0.3 is 6.03 Å². The maximum Gasteiger partial charge on any atom is 0.318 e. The Bertz CT molecular complexity index is 626. The quantitative estimate of drug-likeness (QED) is 0.868. The van der Waals surface area contributed by atoms with Crippen LogP contribution in [0.4, 0.5) is 4.79 Å². The number of fused-ring (bicyclic) bond motifs is 1. The smallest absolute Gasteiger partial charge is 0.318 e. The van der Waals surface area contributed by atoms with E-state index in [2.05, 4.69) is 10.3 Å². The third-order valence-electron chi connectivity index (χ3n) is 4.65. The number of carbonyl (C=O) groups is 1. The Morgan fingerprint density at radius 3 is 3.05 bits per heavy atom. The number of hydrogen-bond acceptors (Lipinski definition) is 3. The van der Waals surface area contributed by atoms with E-state index in [1.54, 1.807) is 0 Å². The highest BCUT2D eigenvalue weighted by Gasteiger charge is 2.38. The Kier molecular flexibility index (Phi) is 4.20. The van der Waals surface area contributed by atoms with Crippen LogP contribution >= 0.6 is 0 Å². The first-order chi connectivity index (χ1) is 10.6. The topological polar surface area (TPSA) is 74.4 Å². The van der Waals surface area contributed by atoms with E-state index in [0.717, 1.165) is 30.5 Å². The zero-order valence-electron chi connectivity index (χ0n) is 13.1.